The zero-order valence-corrected chi connectivity index (χ0v) is 9.88. The summed E-state index contributed by atoms with van der Waals surface area (Å²) >= 11 is 0. The van der Waals surface area contributed by atoms with Crippen molar-refractivity contribution >= 4 is 0 Å². The topological polar surface area (TPSA) is 20.2 Å². The molecule has 1 N–H and O–H groups in total. The third kappa shape index (κ3) is 2.29. The first-order chi connectivity index (χ1) is 8.27. The van der Waals surface area contributed by atoms with Crippen LogP contribution in [0.2, 0.25) is 0 Å². The van der Waals surface area contributed by atoms with Gasteiger partial charge in [-0.3, -0.25) is 0 Å². The Morgan fingerprint density at radius 2 is 1.24 bits per heavy atom. The second-order valence-corrected chi connectivity index (χ2v) is 4.00. The monoisotopic (exact) mass is 224 g/mol. The smallest absolute Gasteiger partial charge is 0.133 e. The Hall–Kier alpha value is -1.86. The molecular formula is C16H16O. The summed E-state index contributed by atoms with van der Waals surface area (Å²) in [6.07, 6.45) is 3.69. The molecule has 0 spiro atoms. The molecule has 1 heteroatoms. The molecule has 0 aromatic heterocycles. The minimum Gasteiger partial charge on any atom is -0.377 e. The van der Waals surface area contributed by atoms with Crippen LogP contribution in [0.5, 0.6) is 0 Å². The minimum absolute atomic E-state index is 0.879. The number of aliphatic hydroxyl groups is 1. The van der Waals surface area contributed by atoms with Crippen molar-refractivity contribution in [3.05, 3.63) is 83.9 Å². The van der Waals surface area contributed by atoms with Crippen LogP contribution in [0.3, 0.4) is 0 Å². The van der Waals surface area contributed by atoms with E-state index < -0.39 is 5.60 Å². The van der Waals surface area contributed by atoms with Crippen molar-refractivity contribution < 1.29 is 5.11 Å². The van der Waals surface area contributed by atoms with E-state index >= 15 is 0 Å². The number of benzene rings is 2. The summed E-state index contributed by atoms with van der Waals surface area (Å²) in [7, 11) is 0. The molecule has 0 aliphatic carbocycles. The lowest BCUT2D eigenvalue weighted by Crippen LogP contribution is -2.24. The predicted octanol–water partition coefficient (Wildman–Crippen LogP) is 3.50. The maximum absolute atomic E-state index is 10.9. The number of allylic oxidation sites excluding steroid dienone is 1. The molecule has 0 heterocycles. The van der Waals surface area contributed by atoms with Gasteiger partial charge in [-0.1, -0.05) is 66.7 Å². The fourth-order valence-corrected chi connectivity index (χ4v) is 1.98. The number of rotatable bonds is 3. The highest BCUT2D eigenvalue weighted by atomic mass is 16.3. The van der Waals surface area contributed by atoms with Gasteiger partial charge in [0, 0.05) is 0 Å². The van der Waals surface area contributed by atoms with Gasteiger partial charge < -0.3 is 5.11 Å². The molecule has 0 saturated carbocycles. The van der Waals surface area contributed by atoms with E-state index in [9.17, 15) is 5.11 Å². The fourth-order valence-electron chi connectivity index (χ4n) is 1.98. The Labute approximate surface area is 102 Å². The third-order valence-corrected chi connectivity index (χ3v) is 2.84. The molecule has 86 valence electrons. The van der Waals surface area contributed by atoms with Crippen LogP contribution in [0, 0.1) is 0 Å². The molecule has 0 unspecified atom stereocenters. The number of hydrogen-bond donors (Lipinski definition) is 1. The highest BCUT2D eigenvalue weighted by Gasteiger charge is 2.27. The molecule has 0 bridgehead atoms. The average molecular weight is 224 g/mol. The molecule has 2 aromatic carbocycles. The van der Waals surface area contributed by atoms with E-state index in [0.717, 1.165) is 11.1 Å². The van der Waals surface area contributed by atoms with Gasteiger partial charge in [-0.25, -0.2) is 0 Å². The molecule has 0 aliphatic heterocycles. The van der Waals surface area contributed by atoms with Gasteiger partial charge in [-0.05, 0) is 24.1 Å². The Bertz CT molecular complexity index is 446. The Morgan fingerprint density at radius 1 is 0.824 bits per heavy atom. The second-order valence-electron chi connectivity index (χ2n) is 4.00. The highest BCUT2D eigenvalue weighted by Crippen LogP contribution is 2.30. The van der Waals surface area contributed by atoms with Crippen LogP contribution in [0.4, 0.5) is 0 Å². The first-order valence-electron chi connectivity index (χ1n) is 5.74. The van der Waals surface area contributed by atoms with Crippen molar-refractivity contribution in [1.29, 1.82) is 0 Å². The molecule has 0 saturated heterocycles. The zero-order valence-electron chi connectivity index (χ0n) is 9.88. The molecule has 1 nitrogen and oxygen atoms in total. The molecule has 0 aliphatic rings. The van der Waals surface area contributed by atoms with Crippen LogP contribution in [-0.4, -0.2) is 5.11 Å². The van der Waals surface area contributed by atoms with Crippen LogP contribution in [-0.2, 0) is 5.60 Å². The van der Waals surface area contributed by atoms with Crippen LogP contribution < -0.4 is 0 Å². The van der Waals surface area contributed by atoms with Gasteiger partial charge in [-0.2, -0.15) is 0 Å². The lowest BCUT2D eigenvalue weighted by atomic mass is 9.86. The minimum atomic E-state index is -1.04. The van der Waals surface area contributed by atoms with E-state index in [2.05, 4.69) is 0 Å². The predicted molar refractivity (Wildman–Crippen MR) is 70.7 cm³/mol. The number of hydrogen-bond acceptors (Lipinski definition) is 1. The van der Waals surface area contributed by atoms with Crippen molar-refractivity contribution in [1.82, 2.24) is 0 Å². The fraction of sp³-hybridized carbons (Fsp3) is 0.125. The average Bonchev–Trinajstić information content (AvgIpc) is 2.41. The third-order valence-electron chi connectivity index (χ3n) is 2.84. The van der Waals surface area contributed by atoms with Crippen molar-refractivity contribution in [2.45, 2.75) is 12.5 Å². The summed E-state index contributed by atoms with van der Waals surface area (Å²) < 4.78 is 0. The van der Waals surface area contributed by atoms with E-state index in [1.165, 1.54) is 0 Å². The SMILES string of the molecule is C/C=C\C(O)(c1ccccc1)c1ccccc1. The van der Waals surface area contributed by atoms with Crippen LogP contribution in [0.1, 0.15) is 18.1 Å². The first-order valence-corrected chi connectivity index (χ1v) is 5.74. The van der Waals surface area contributed by atoms with Gasteiger partial charge in [0.1, 0.15) is 5.60 Å². The quantitative estimate of drug-likeness (QED) is 0.791. The molecule has 0 atom stereocenters. The highest BCUT2D eigenvalue weighted by molar-refractivity contribution is 5.40. The lowest BCUT2D eigenvalue weighted by Gasteiger charge is -2.25. The molecule has 0 fully saturated rings. The van der Waals surface area contributed by atoms with Crippen molar-refractivity contribution in [2.24, 2.45) is 0 Å². The summed E-state index contributed by atoms with van der Waals surface area (Å²) in [6.45, 7) is 1.91. The van der Waals surface area contributed by atoms with Crippen LogP contribution in [0.25, 0.3) is 0 Å². The molecule has 2 aromatic rings. The Balaban J connectivity index is 2.55. The van der Waals surface area contributed by atoms with Crippen molar-refractivity contribution in [2.75, 3.05) is 0 Å². The molecule has 0 amide bonds. The lowest BCUT2D eigenvalue weighted by molar-refractivity contribution is 0.134. The standard InChI is InChI=1S/C16H16O/c1-2-13-16(17,14-9-5-3-6-10-14)15-11-7-4-8-12-15/h2-13,17H,1H3/b13-2-. The van der Waals surface area contributed by atoms with Crippen LogP contribution in [0.15, 0.2) is 72.8 Å². The van der Waals surface area contributed by atoms with E-state index in [-0.39, 0.29) is 0 Å². The van der Waals surface area contributed by atoms with Gasteiger partial charge in [0.2, 0.25) is 0 Å². The van der Waals surface area contributed by atoms with Gasteiger partial charge in [-0.15, -0.1) is 0 Å². The second kappa shape index (κ2) is 4.98. The van der Waals surface area contributed by atoms with Crippen molar-refractivity contribution in [3.63, 3.8) is 0 Å². The van der Waals surface area contributed by atoms with Gasteiger partial charge in [0.05, 0.1) is 0 Å². The van der Waals surface area contributed by atoms with Gasteiger partial charge in [0.25, 0.3) is 0 Å². The summed E-state index contributed by atoms with van der Waals surface area (Å²) in [6, 6.07) is 19.4. The molecular weight excluding hydrogens is 208 g/mol. The molecule has 2 rings (SSSR count). The van der Waals surface area contributed by atoms with E-state index in [4.69, 9.17) is 0 Å². The summed E-state index contributed by atoms with van der Waals surface area (Å²) in [5.41, 5.74) is 0.714. The summed E-state index contributed by atoms with van der Waals surface area (Å²) in [4.78, 5) is 0. The first kappa shape index (κ1) is 11.6. The van der Waals surface area contributed by atoms with Gasteiger partial charge in [0.15, 0.2) is 0 Å². The normalized spacial score (nSPS) is 11.9. The molecule has 17 heavy (non-hydrogen) atoms. The van der Waals surface area contributed by atoms with E-state index in [1.807, 2.05) is 79.7 Å². The van der Waals surface area contributed by atoms with Crippen LogP contribution >= 0.6 is 0 Å². The van der Waals surface area contributed by atoms with Gasteiger partial charge >= 0.3 is 0 Å². The van der Waals surface area contributed by atoms with E-state index in [1.54, 1.807) is 0 Å². The zero-order chi connectivity index (χ0) is 12.1. The maximum atomic E-state index is 10.9. The largest absolute Gasteiger partial charge is 0.377 e. The van der Waals surface area contributed by atoms with E-state index in [0.29, 0.717) is 0 Å². The molecule has 0 radical (unpaired) electrons. The summed E-state index contributed by atoms with van der Waals surface area (Å²) in [5, 5.41) is 10.9. The Kier molecular flexibility index (Phi) is 3.40. The Morgan fingerprint density at radius 3 is 1.59 bits per heavy atom. The van der Waals surface area contributed by atoms with Crippen molar-refractivity contribution in [3.8, 4) is 0 Å². The summed E-state index contributed by atoms with van der Waals surface area (Å²) in [5.74, 6) is 0. The maximum Gasteiger partial charge on any atom is 0.133 e.